The van der Waals surface area contributed by atoms with Gasteiger partial charge in [0.25, 0.3) is 0 Å². The molecule has 0 atom stereocenters. The number of carboxylic acids is 1. The predicted octanol–water partition coefficient (Wildman–Crippen LogP) is 0.991. The molecule has 0 radical (unpaired) electrons. The molecule has 1 rings (SSSR count). The Kier molecular flexibility index (Phi) is 5.07. The summed E-state index contributed by atoms with van der Waals surface area (Å²) in [5.74, 6) is -0.114. The molecule has 4 heteroatoms. The third-order valence-corrected chi connectivity index (χ3v) is 2.00. The number of rotatable bonds is 8. The molecule has 14 heavy (non-hydrogen) atoms. The van der Waals surface area contributed by atoms with Crippen LogP contribution in [0.2, 0.25) is 0 Å². The van der Waals surface area contributed by atoms with Crippen LogP contribution < -0.4 is 5.32 Å². The van der Waals surface area contributed by atoms with Gasteiger partial charge in [0, 0.05) is 32.0 Å². The van der Waals surface area contributed by atoms with Gasteiger partial charge in [0.15, 0.2) is 0 Å². The van der Waals surface area contributed by atoms with E-state index in [0.29, 0.717) is 0 Å². The first kappa shape index (κ1) is 11.0. The smallest absolute Gasteiger partial charge is 0.329 e. The minimum Gasteiger partial charge on any atom is -0.478 e. The van der Waals surface area contributed by atoms with Crippen molar-refractivity contribution >= 4 is 5.97 Å². The molecule has 80 valence electrons. The summed E-state index contributed by atoms with van der Waals surface area (Å²) in [6.45, 7) is 2.41. The summed E-state index contributed by atoms with van der Waals surface area (Å²) >= 11 is 0. The molecule has 0 bridgehead atoms. The Morgan fingerprint density at radius 3 is 3.00 bits per heavy atom. The van der Waals surface area contributed by atoms with Crippen LogP contribution in [-0.2, 0) is 9.53 Å². The van der Waals surface area contributed by atoms with Crippen molar-refractivity contribution in [1.82, 2.24) is 5.32 Å². The van der Waals surface area contributed by atoms with Gasteiger partial charge in [-0.2, -0.15) is 0 Å². The highest BCUT2D eigenvalue weighted by Crippen LogP contribution is 2.28. The van der Waals surface area contributed by atoms with Crippen molar-refractivity contribution < 1.29 is 14.6 Å². The Balaban J connectivity index is 1.76. The van der Waals surface area contributed by atoms with E-state index in [4.69, 9.17) is 9.84 Å². The molecule has 1 fully saturated rings. The number of hydrogen-bond acceptors (Lipinski definition) is 3. The molecule has 0 spiro atoms. The second-order valence-electron chi connectivity index (χ2n) is 3.50. The highest BCUT2D eigenvalue weighted by Gasteiger charge is 2.20. The van der Waals surface area contributed by atoms with Gasteiger partial charge in [0.1, 0.15) is 0 Å². The van der Waals surface area contributed by atoms with Gasteiger partial charge in [0.2, 0.25) is 0 Å². The average molecular weight is 199 g/mol. The number of nitrogens with one attached hydrogen (secondary N) is 1. The number of carbonyl (C=O) groups is 1. The van der Waals surface area contributed by atoms with Crippen molar-refractivity contribution in [3.8, 4) is 0 Å². The fraction of sp³-hybridized carbons (Fsp3) is 0.700. The van der Waals surface area contributed by atoms with Crippen molar-refractivity contribution in [3.63, 3.8) is 0 Å². The SMILES string of the molecule is O=C(O)/C=C/NCCCOCC1CC1. The number of ether oxygens (including phenoxy) is 1. The molecule has 0 aliphatic heterocycles. The van der Waals surface area contributed by atoms with Crippen molar-refractivity contribution in [2.75, 3.05) is 19.8 Å². The lowest BCUT2D eigenvalue weighted by molar-refractivity contribution is -0.131. The normalized spacial score (nSPS) is 16.0. The molecule has 0 heterocycles. The molecule has 2 N–H and O–H groups in total. The van der Waals surface area contributed by atoms with E-state index in [1.165, 1.54) is 19.0 Å². The Hall–Kier alpha value is -1.03. The van der Waals surface area contributed by atoms with Crippen LogP contribution in [0.4, 0.5) is 0 Å². The van der Waals surface area contributed by atoms with Crippen LogP contribution in [0.5, 0.6) is 0 Å². The van der Waals surface area contributed by atoms with E-state index < -0.39 is 5.97 Å². The zero-order valence-electron chi connectivity index (χ0n) is 8.24. The topological polar surface area (TPSA) is 58.6 Å². The van der Waals surface area contributed by atoms with Crippen molar-refractivity contribution in [2.45, 2.75) is 19.3 Å². The van der Waals surface area contributed by atoms with Crippen LogP contribution in [0.25, 0.3) is 0 Å². The highest BCUT2D eigenvalue weighted by molar-refractivity contribution is 5.79. The van der Waals surface area contributed by atoms with E-state index in [1.807, 2.05) is 0 Å². The third kappa shape index (κ3) is 6.48. The molecule has 0 aromatic rings. The molecule has 1 saturated carbocycles. The van der Waals surface area contributed by atoms with Gasteiger partial charge in [-0.05, 0) is 25.2 Å². The molecule has 1 aliphatic carbocycles. The average Bonchev–Trinajstić information content (AvgIpc) is 2.92. The highest BCUT2D eigenvalue weighted by atomic mass is 16.5. The fourth-order valence-corrected chi connectivity index (χ4v) is 1.02. The van der Waals surface area contributed by atoms with Gasteiger partial charge in [-0.25, -0.2) is 4.79 Å². The maximum Gasteiger partial charge on any atom is 0.329 e. The summed E-state index contributed by atoms with van der Waals surface area (Å²) in [7, 11) is 0. The van der Waals surface area contributed by atoms with Gasteiger partial charge in [0.05, 0.1) is 0 Å². The molecule has 0 aromatic heterocycles. The molecule has 1 aliphatic rings. The van der Waals surface area contributed by atoms with Crippen molar-refractivity contribution in [2.24, 2.45) is 5.92 Å². The molecular formula is C10H17NO3. The lowest BCUT2D eigenvalue weighted by Gasteiger charge is -2.02. The van der Waals surface area contributed by atoms with Crippen molar-refractivity contribution in [3.05, 3.63) is 12.3 Å². The first-order chi connectivity index (χ1) is 6.79. The molecule has 0 unspecified atom stereocenters. The molecule has 0 saturated heterocycles. The van der Waals surface area contributed by atoms with E-state index >= 15 is 0 Å². The fourth-order valence-electron chi connectivity index (χ4n) is 1.02. The largest absolute Gasteiger partial charge is 0.478 e. The lowest BCUT2D eigenvalue weighted by atomic mass is 10.4. The monoisotopic (exact) mass is 199 g/mol. The summed E-state index contributed by atoms with van der Waals surface area (Å²) in [6.07, 6.45) is 6.09. The van der Waals surface area contributed by atoms with Crippen LogP contribution >= 0.6 is 0 Å². The van der Waals surface area contributed by atoms with E-state index in [0.717, 1.165) is 38.2 Å². The predicted molar refractivity (Wildman–Crippen MR) is 52.9 cm³/mol. The number of hydrogen-bond donors (Lipinski definition) is 2. The molecule has 4 nitrogen and oxygen atoms in total. The maximum absolute atomic E-state index is 10.1. The molecular weight excluding hydrogens is 182 g/mol. The van der Waals surface area contributed by atoms with E-state index in [1.54, 1.807) is 0 Å². The lowest BCUT2D eigenvalue weighted by Crippen LogP contribution is -2.11. The van der Waals surface area contributed by atoms with Crippen LogP contribution in [-0.4, -0.2) is 30.8 Å². The number of aliphatic carboxylic acids is 1. The minimum absolute atomic E-state index is 0.754. The van der Waals surface area contributed by atoms with Gasteiger partial charge in [-0.15, -0.1) is 0 Å². The third-order valence-electron chi connectivity index (χ3n) is 2.00. The summed E-state index contributed by atoms with van der Waals surface area (Å²) in [5, 5.41) is 11.1. The summed E-state index contributed by atoms with van der Waals surface area (Å²) < 4.78 is 5.40. The Bertz CT molecular complexity index is 200. The molecule has 0 amide bonds. The van der Waals surface area contributed by atoms with Crippen LogP contribution in [0.1, 0.15) is 19.3 Å². The first-order valence-electron chi connectivity index (χ1n) is 4.99. The zero-order chi connectivity index (χ0) is 10.2. The van der Waals surface area contributed by atoms with Crippen LogP contribution in [0.15, 0.2) is 12.3 Å². The Morgan fingerprint density at radius 2 is 2.36 bits per heavy atom. The molecule has 0 aromatic carbocycles. The van der Waals surface area contributed by atoms with E-state index in [-0.39, 0.29) is 0 Å². The first-order valence-corrected chi connectivity index (χ1v) is 4.99. The summed E-state index contributed by atoms with van der Waals surface area (Å²) in [6, 6.07) is 0. The zero-order valence-corrected chi connectivity index (χ0v) is 8.24. The maximum atomic E-state index is 10.1. The van der Waals surface area contributed by atoms with Gasteiger partial charge in [-0.3, -0.25) is 0 Å². The van der Waals surface area contributed by atoms with Crippen LogP contribution in [0, 0.1) is 5.92 Å². The van der Waals surface area contributed by atoms with Gasteiger partial charge >= 0.3 is 5.97 Å². The second-order valence-corrected chi connectivity index (χ2v) is 3.50. The van der Waals surface area contributed by atoms with E-state index in [2.05, 4.69) is 5.32 Å². The van der Waals surface area contributed by atoms with E-state index in [9.17, 15) is 4.79 Å². The number of carboxylic acid groups (broad SMARTS) is 1. The standard InChI is InChI=1S/C10H17NO3/c12-10(13)4-6-11-5-1-7-14-8-9-2-3-9/h4,6,9,11H,1-3,5,7-8H2,(H,12,13)/b6-4+. The summed E-state index contributed by atoms with van der Waals surface area (Å²) in [5.41, 5.74) is 0. The summed E-state index contributed by atoms with van der Waals surface area (Å²) in [4.78, 5) is 10.1. The van der Waals surface area contributed by atoms with Gasteiger partial charge in [-0.1, -0.05) is 0 Å². The van der Waals surface area contributed by atoms with Gasteiger partial charge < -0.3 is 15.2 Å². The quantitative estimate of drug-likeness (QED) is 0.452. The van der Waals surface area contributed by atoms with Crippen LogP contribution in [0.3, 0.4) is 0 Å². The second kappa shape index (κ2) is 6.43. The minimum atomic E-state index is -0.928. The Labute approximate surface area is 83.9 Å². The van der Waals surface area contributed by atoms with Crippen molar-refractivity contribution in [1.29, 1.82) is 0 Å². The Morgan fingerprint density at radius 1 is 1.57 bits per heavy atom.